The molecule has 0 saturated heterocycles. The van der Waals surface area contributed by atoms with Gasteiger partial charge in [-0.3, -0.25) is 0 Å². The highest BCUT2D eigenvalue weighted by Gasteiger charge is 2.28. The third-order valence-corrected chi connectivity index (χ3v) is 4.17. The monoisotopic (exact) mass is 293 g/mol. The highest BCUT2D eigenvalue weighted by molar-refractivity contribution is 7.88. The van der Waals surface area contributed by atoms with Gasteiger partial charge in [0, 0.05) is 12.1 Å². The number of carbonyl (C=O) groups excluding carboxylic acids is 1. The molecule has 7 nitrogen and oxygen atoms in total. The van der Waals surface area contributed by atoms with Gasteiger partial charge < -0.3 is 10.5 Å². The molecule has 1 aliphatic carbocycles. The van der Waals surface area contributed by atoms with Gasteiger partial charge in [0.25, 0.3) is 0 Å². The first-order valence-electron chi connectivity index (χ1n) is 6.60. The minimum atomic E-state index is -3.91. The molecule has 0 aromatic rings. The van der Waals surface area contributed by atoms with Crippen molar-refractivity contribution in [3.63, 3.8) is 0 Å². The average Bonchev–Trinajstić information content (AvgIpc) is 2.52. The molecular weight excluding hydrogens is 270 g/mol. The van der Waals surface area contributed by atoms with Gasteiger partial charge in [-0.15, -0.1) is 0 Å². The zero-order chi connectivity index (χ0) is 14.4. The second-order valence-electron chi connectivity index (χ2n) is 4.92. The second-order valence-corrected chi connectivity index (χ2v) is 6.42. The smallest absolute Gasteiger partial charge is 0.421 e. The van der Waals surface area contributed by atoms with Gasteiger partial charge in [0.1, 0.15) is 0 Å². The van der Waals surface area contributed by atoms with Gasteiger partial charge in [0.05, 0.1) is 6.61 Å². The molecule has 0 heterocycles. The van der Waals surface area contributed by atoms with Crippen LogP contribution >= 0.6 is 0 Å². The Bertz CT molecular complexity index is 389. The molecule has 8 heteroatoms. The summed E-state index contributed by atoms with van der Waals surface area (Å²) in [5.41, 5.74) is 5.66. The Morgan fingerprint density at radius 3 is 2.37 bits per heavy atom. The summed E-state index contributed by atoms with van der Waals surface area (Å²) in [5.74, 6) is 0. The van der Waals surface area contributed by atoms with E-state index in [1.807, 2.05) is 0 Å². The molecule has 0 aliphatic heterocycles. The number of rotatable bonds is 5. The zero-order valence-corrected chi connectivity index (χ0v) is 12.1. The van der Waals surface area contributed by atoms with E-state index in [2.05, 4.69) is 9.46 Å². The van der Waals surface area contributed by atoms with E-state index in [0.29, 0.717) is 0 Å². The molecule has 1 saturated carbocycles. The van der Waals surface area contributed by atoms with Crippen LogP contribution in [0.3, 0.4) is 0 Å². The van der Waals surface area contributed by atoms with Crippen molar-refractivity contribution in [2.75, 3.05) is 13.2 Å². The number of nitrogens with one attached hydrogen (secondary N) is 2. The lowest BCUT2D eigenvalue weighted by atomic mass is 9.92. The summed E-state index contributed by atoms with van der Waals surface area (Å²) in [6.45, 7) is 1.84. The van der Waals surface area contributed by atoms with Crippen LogP contribution < -0.4 is 15.2 Å². The molecule has 0 radical (unpaired) electrons. The van der Waals surface area contributed by atoms with Crippen LogP contribution in [0.2, 0.25) is 0 Å². The van der Waals surface area contributed by atoms with Crippen LogP contribution in [0.15, 0.2) is 0 Å². The van der Waals surface area contributed by atoms with Crippen molar-refractivity contribution in [3.05, 3.63) is 0 Å². The average molecular weight is 293 g/mol. The van der Waals surface area contributed by atoms with Gasteiger partial charge in [-0.2, -0.15) is 13.1 Å². The zero-order valence-electron chi connectivity index (χ0n) is 11.3. The van der Waals surface area contributed by atoms with Gasteiger partial charge in [-0.25, -0.2) is 9.52 Å². The van der Waals surface area contributed by atoms with Gasteiger partial charge in [0.15, 0.2) is 0 Å². The minimum Gasteiger partial charge on any atom is -0.449 e. The van der Waals surface area contributed by atoms with Crippen LogP contribution in [-0.4, -0.2) is 33.2 Å². The Hall–Kier alpha value is -0.860. The number of amides is 1. The molecule has 19 heavy (non-hydrogen) atoms. The molecule has 0 aromatic heterocycles. The molecule has 0 aromatic carbocycles. The molecule has 0 spiro atoms. The Labute approximate surface area is 114 Å². The number of ether oxygens (including phenoxy) is 1. The molecule has 0 atom stereocenters. The standard InChI is InChI=1S/C11H23N3O4S/c1-2-18-10(15)14-19(16,17)13-9-11(12)7-5-3-4-6-8-11/h13H,2-9,12H2,1H3,(H,14,15). The van der Waals surface area contributed by atoms with Crippen molar-refractivity contribution in [2.45, 2.75) is 51.0 Å². The fourth-order valence-corrected chi connectivity index (χ4v) is 2.98. The summed E-state index contributed by atoms with van der Waals surface area (Å²) >= 11 is 0. The third kappa shape index (κ3) is 6.22. The van der Waals surface area contributed by atoms with E-state index in [1.165, 1.54) is 0 Å². The van der Waals surface area contributed by atoms with Crippen LogP contribution in [0, 0.1) is 0 Å². The highest BCUT2D eigenvalue weighted by Crippen LogP contribution is 2.24. The second kappa shape index (κ2) is 7.06. The molecule has 0 unspecified atom stereocenters. The van der Waals surface area contributed by atoms with Crippen molar-refractivity contribution in [1.29, 1.82) is 0 Å². The maximum Gasteiger partial charge on any atom is 0.421 e. The van der Waals surface area contributed by atoms with Gasteiger partial charge >= 0.3 is 16.3 Å². The van der Waals surface area contributed by atoms with E-state index in [1.54, 1.807) is 11.6 Å². The van der Waals surface area contributed by atoms with Crippen molar-refractivity contribution in [1.82, 2.24) is 9.44 Å². The van der Waals surface area contributed by atoms with Crippen LogP contribution in [0.1, 0.15) is 45.4 Å². The Kier molecular flexibility index (Phi) is 6.02. The first kappa shape index (κ1) is 16.2. The Balaban J connectivity index is 2.47. The van der Waals surface area contributed by atoms with Gasteiger partial charge in [-0.1, -0.05) is 25.7 Å². The number of carbonyl (C=O) groups is 1. The van der Waals surface area contributed by atoms with Crippen molar-refractivity contribution in [3.8, 4) is 0 Å². The van der Waals surface area contributed by atoms with E-state index in [0.717, 1.165) is 38.5 Å². The summed E-state index contributed by atoms with van der Waals surface area (Å²) in [6.07, 6.45) is 4.86. The van der Waals surface area contributed by atoms with E-state index < -0.39 is 21.8 Å². The number of hydrogen-bond acceptors (Lipinski definition) is 5. The first-order chi connectivity index (χ1) is 8.87. The molecule has 1 rings (SSSR count). The SMILES string of the molecule is CCOC(=O)NS(=O)(=O)NCC1(N)CCCCCC1. The van der Waals surface area contributed by atoms with Crippen molar-refractivity contribution < 1.29 is 17.9 Å². The molecular formula is C11H23N3O4S. The fourth-order valence-electron chi connectivity index (χ4n) is 2.15. The van der Waals surface area contributed by atoms with Crippen LogP contribution in [0.5, 0.6) is 0 Å². The van der Waals surface area contributed by atoms with Gasteiger partial charge in [0.2, 0.25) is 0 Å². The lowest BCUT2D eigenvalue weighted by molar-refractivity contribution is 0.158. The lowest BCUT2D eigenvalue weighted by Gasteiger charge is -2.28. The van der Waals surface area contributed by atoms with E-state index in [4.69, 9.17) is 5.73 Å². The molecule has 0 bridgehead atoms. The largest absolute Gasteiger partial charge is 0.449 e. The predicted molar refractivity (Wildman–Crippen MR) is 71.7 cm³/mol. The lowest BCUT2D eigenvalue weighted by Crippen LogP contribution is -2.52. The first-order valence-corrected chi connectivity index (χ1v) is 8.08. The van der Waals surface area contributed by atoms with Crippen LogP contribution in [-0.2, 0) is 14.9 Å². The Morgan fingerprint density at radius 2 is 1.84 bits per heavy atom. The Morgan fingerprint density at radius 1 is 1.26 bits per heavy atom. The van der Waals surface area contributed by atoms with Crippen LogP contribution in [0.4, 0.5) is 4.79 Å². The van der Waals surface area contributed by atoms with Crippen molar-refractivity contribution >= 4 is 16.3 Å². The predicted octanol–water partition coefficient (Wildman–Crippen LogP) is 0.619. The summed E-state index contributed by atoms with van der Waals surface area (Å²) in [4.78, 5) is 11.1. The quantitative estimate of drug-likeness (QED) is 0.643. The molecule has 1 aliphatic rings. The molecule has 1 amide bonds. The maximum atomic E-state index is 11.6. The third-order valence-electron chi connectivity index (χ3n) is 3.21. The molecule has 1 fully saturated rings. The normalized spacial score (nSPS) is 19.5. The van der Waals surface area contributed by atoms with Crippen LogP contribution in [0.25, 0.3) is 0 Å². The molecule has 112 valence electrons. The minimum absolute atomic E-state index is 0.113. The van der Waals surface area contributed by atoms with Gasteiger partial charge in [-0.05, 0) is 19.8 Å². The topological polar surface area (TPSA) is 111 Å². The maximum absolute atomic E-state index is 11.6. The summed E-state index contributed by atoms with van der Waals surface area (Å²) in [6, 6.07) is 0. The highest BCUT2D eigenvalue weighted by atomic mass is 32.2. The van der Waals surface area contributed by atoms with Crippen molar-refractivity contribution in [2.24, 2.45) is 5.73 Å². The van der Waals surface area contributed by atoms with E-state index >= 15 is 0 Å². The summed E-state index contributed by atoms with van der Waals surface area (Å²) < 4.78 is 31.8. The summed E-state index contributed by atoms with van der Waals surface area (Å²) in [5, 5.41) is 0. The molecule has 4 N–H and O–H groups in total. The fraction of sp³-hybridized carbons (Fsp3) is 0.909. The van der Waals surface area contributed by atoms with E-state index in [9.17, 15) is 13.2 Å². The van der Waals surface area contributed by atoms with E-state index in [-0.39, 0.29) is 13.2 Å². The number of hydrogen-bond donors (Lipinski definition) is 3. The number of nitrogens with two attached hydrogens (primary N) is 1. The summed E-state index contributed by atoms with van der Waals surface area (Å²) in [7, 11) is -3.91.